The van der Waals surface area contributed by atoms with E-state index in [1.54, 1.807) is 33.9 Å². The van der Waals surface area contributed by atoms with Gasteiger partial charge in [-0.3, -0.25) is 4.79 Å². The molecule has 1 N–H and O–H groups in total. The molecule has 1 saturated heterocycles. The highest BCUT2D eigenvalue weighted by Crippen LogP contribution is 2.24. The Kier molecular flexibility index (Phi) is 3.70. The summed E-state index contributed by atoms with van der Waals surface area (Å²) < 4.78 is 9.05. The van der Waals surface area contributed by atoms with Crippen molar-refractivity contribution in [2.24, 2.45) is 0 Å². The van der Waals surface area contributed by atoms with Gasteiger partial charge in [0.1, 0.15) is 11.6 Å². The van der Waals surface area contributed by atoms with Gasteiger partial charge in [-0.25, -0.2) is 14.2 Å². The van der Waals surface area contributed by atoms with Crippen LogP contribution in [0.5, 0.6) is 0 Å². The second kappa shape index (κ2) is 6.21. The molecule has 2 atom stereocenters. The van der Waals surface area contributed by atoms with Gasteiger partial charge in [0.2, 0.25) is 0 Å². The summed E-state index contributed by atoms with van der Waals surface area (Å²) in [5.41, 5.74) is 3.00. The van der Waals surface area contributed by atoms with Crippen LogP contribution in [-0.4, -0.2) is 43.6 Å². The molecule has 5 rings (SSSR count). The smallest absolute Gasteiger partial charge is 0.267 e. The SMILES string of the molecule is O=c1cc2c(nn1C1COCC1Nc1nccn3nccc13)CCCC2. The van der Waals surface area contributed by atoms with Crippen LogP contribution in [0.2, 0.25) is 0 Å². The van der Waals surface area contributed by atoms with Gasteiger partial charge in [-0.05, 0) is 37.3 Å². The van der Waals surface area contributed by atoms with Crippen LogP contribution in [-0.2, 0) is 17.6 Å². The minimum Gasteiger partial charge on any atom is -0.377 e. The van der Waals surface area contributed by atoms with Crippen molar-refractivity contribution in [1.82, 2.24) is 24.4 Å². The van der Waals surface area contributed by atoms with Gasteiger partial charge in [0.15, 0.2) is 5.82 Å². The molecule has 0 aromatic carbocycles. The third-order valence-corrected chi connectivity index (χ3v) is 5.24. The lowest BCUT2D eigenvalue weighted by Gasteiger charge is -2.23. The lowest BCUT2D eigenvalue weighted by Crippen LogP contribution is -2.38. The molecule has 3 aromatic heterocycles. The number of rotatable bonds is 3. The summed E-state index contributed by atoms with van der Waals surface area (Å²) in [6.07, 6.45) is 9.41. The van der Waals surface area contributed by atoms with E-state index >= 15 is 0 Å². The fourth-order valence-electron chi connectivity index (χ4n) is 3.88. The molecule has 8 heteroatoms. The molecule has 0 amide bonds. The zero-order valence-electron chi connectivity index (χ0n) is 14.3. The molecule has 8 nitrogen and oxygen atoms in total. The predicted molar refractivity (Wildman–Crippen MR) is 95.4 cm³/mol. The summed E-state index contributed by atoms with van der Waals surface area (Å²) in [5.74, 6) is 0.733. The number of ether oxygens (including phenoxy) is 1. The van der Waals surface area contributed by atoms with Crippen molar-refractivity contribution in [2.45, 2.75) is 37.8 Å². The van der Waals surface area contributed by atoms with E-state index in [0.717, 1.165) is 48.3 Å². The van der Waals surface area contributed by atoms with Crippen LogP contribution >= 0.6 is 0 Å². The molecule has 1 aliphatic heterocycles. The van der Waals surface area contributed by atoms with Crippen molar-refractivity contribution in [3.05, 3.63) is 52.3 Å². The predicted octanol–water partition coefficient (Wildman–Crippen LogP) is 1.22. The number of nitrogens with one attached hydrogen (secondary N) is 1. The second-order valence-corrected chi connectivity index (χ2v) is 6.90. The van der Waals surface area contributed by atoms with Crippen LogP contribution in [0.15, 0.2) is 35.5 Å². The van der Waals surface area contributed by atoms with Gasteiger partial charge in [-0.15, -0.1) is 0 Å². The summed E-state index contributed by atoms with van der Waals surface area (Å²) in [5, 5.41) is 12.3. The molecule has 2 unspecified atom stereocenters. The first-order valence-electron chi connectivity index (χ1n) is 9.04. The molecule has 1 fully saturated rings. The Morgan fingerprint density at radius 2 is 2.12 bits per heavy atom. The number of aromatic nitrogens is 5. The number of nitrogens with zero attached hydrogens (tertiary/aromatic N) is 5. The third kappa shape index (κ3) is 2.57. The van der Waals surface area contributed by atoms with E-state index < -0.39 is 0 Å². The van der Waals surface area contributed by atoms with Crippen molar-refractivity contribution in [2.75, 3.05) is 18.5 Å². The maximum absolute atomic E-state index is 12.6. The van der Waals surface area contributed by atoms with Crippen LogP contribution in [0.3, 0.4) is 0 Å². The normalized spacial score (nSPS) is 22.5. The summed E-state index contributed by atoms with van der Waals surface area (Å²) in [6.45, 7) is 0.971. The van der Waals surface area contributed by atoms with E-state index in [0.29, 0.717) is 13.2 Å². The Bertz CT molecular complexity index is 1010. The summed E-state index contributed by atoms with van der Waals surface area (Å²) >= 11 is 0. The summed E-state index contributed by atoms with van der Waals surface area (Å²) in [6, 6.07) is 3.44. The topological polar surface area (TPSA) is 86.3 Å². The van der Waals surface area contributed by atoms with Crippen molar-refractivity contribution >= 4 is 11.3 Å². The van der Waals surface area contributed by atoms with Gasteiger partial charge in [-0.1, -0.05) is 0 Å². The molecule has 3 aromatic rings. The molecule has 26 heavy (non-hydrogen) atoms. The maximum Gasteiger partial charge on any atom is 0.267 e. The zero-order valence-corrected chi connectivity index (χ0v) is 14.3. The first kappa shape index (κ1) is 15.5. The van der Waals surface area contributed by atoms with Crippen LogP contribution in [0.25, 0.3) is 5.52 Å². The Balaban J connectivity index is 1.48. The number of anilines is 1. The lowest BCUT2D eigenvalue weighted by molar-refractivity contribution is 0.182. The monoisotopic (exact) mass is 352 g/mol. The van der Waals surface area contributed by atoms with Crippen molar-refractivity contribution in [3.8, 4) is 0 Å². The summed E-state index contributed by atoms with van der Waals surface area (Å²) in [4.78, 5) is 17.1. The van der Waals surface area contributed by atoms with E-state index in [-0.39, 0.29) is 17.6 Å². The van der Waals surface area contributed by atoms with Crippen LogP contribution in [0, 0.1) is 0 Å². The van der Waals surface area contributed by atoms with Crippen molar-refractivity contribution < 1.29 is 4.74 Å². The highest BCUT2D eigenvalue weighted by atomic mass is 16.5. The average molecular weight is 352 g/mol. The molecule has 0 spiro atoms. The Hall–Kier alpha value is -2.74. The van der Waals surface area contributed by atoms with E-state index in [4.69, 9.17) is 4.74 Å². The highest BCUT2D eigenvalue weighted by molar-refractivity contribution is 5.67. The molecule has 0 bridgehead atoms. The molecular weight excluding hydrogens is 332 g/mol. The minimum atomic E-state index is -0.153. The summed E-state index contributed by atoms with van der Waals surface area (Å²) in [7, 11) is 0. The number of hydrogen-bond donors (Lipinski definition) is 1. The van der Waals surface area contributed by atoms with Crippen LogP contribution < -0.4 is 10.9 Å². The van der Waals surface area contributed by atoms with E-state index in [9.17, 15) is 4.79 Å². The van der Waals surface area contributed by atoms with Crippen molar-refractivity contribution in [1.29, 1.82) is 0 Å². The van der Waals surface area contributed by atoms with Crippen LogP contribution in [0.4, 0.5) is 5.82 Å². The van der Waals surface area contributed by atoms with E-state index in [2.05, 4.69) is 20.5 Å². The van der Waals surface area contributed by atoms with E-state index in [1.807, 2.05) is 6.07 Å². The Morgan fingerprint density at radius 3 is 3.08 bits per heavy atom. The zero-order chi connectivity index (χ0) is 17.5. The fourth-order valence-corrected chi connectivity index (χ4v) is 3.88. The lowest BCUT2D eigenvalue weighted by atomic mass is 9.97. The quantitative estimate of drug-likeness (QED) is 0.763. The molecule has 134 valence electrons. The molecule has 0 radical (unpaired) electrons. The van der Waals surface area contributed by atoms with Crippen molar-refractivity contribution in [3.63, 3.8) is 0 Å². The van der Waals surface area contributed by atoms with Crippen LogP contribution in [0.1, 0.15) is 30.1 Å². The molecular formula is C18H20N6O2. The number of hydrogen-bond acceptors (Lipinski definition) is 6. The van der Waals surface area contributed by atoms with Gasteiger partial charge in [-0.2, -0.15) is 10.2 Å². The minimum absolute atomic E-state index is 0.0523. The van der Waals surface area contributed by atoms with Gasteiger partial charge < -0.3 is 10.1 Å². The largest absolute Gasteiger partial charge is 0.377 e. The second-order valence-electron chi connectivity index (χ2n) is 6.90. The van der Waals surface area contributed by atoms with E-state index in [1.165, 1.54) is 0 Å². The Morgan fingerprint density at radius 1 is 1.19 bits per heavy atom. The molecule has 1 aliphatic carbocycles. The molecule has 0 saturated carbocycles. The van der Waals surface area contributed by atoms with Gasteiger partial charge >= 0.3 is 0 Å². The van der Waals surface area contributed by atoms with Gasteiger partial charge in [0.25, 0.3) is 5.56 Å². The standard InChI is InChI=1S/C18H20N6O2/c25-17-9-12-3-1-2-4-13(12)22-24(17)16-11-26-10-14(16)21-18-15-5-6-20-23(15)8-7-19-18/h5-9,14,16H,1-4,10-11H2,(H,19,21). The van der Waals surface area contributed by atoms with Gasteiger partial charge in [0, 0.05) is 18.5 Å². The first-order chi connectivity index (χ1) is 12.8. The van der Waals surface area contributed by atoms with Gasteiger partial charge in [0.05, 0.1) is 31.1 Å². The fraction of sp³-hybridized carbons (Fsp3) is 0.444. The number of fused-ring (bicyclic) bond motifs is 2. The highest BCUT2D eigenvalue weighted by Gasteiger charge is 2.32. The Labute approximate surface area is 149 Å². The maximum atomic E-state index is 12.6. The molecule has 2 aliphatic rings. The number of aryl methyl sites for hydroxylation is 2. The first-order valence-corrected chi connectivity index (χ1v) is 9.04. The third-order valence-electron chi connectivity index (χ3n) is 5.24. The molecule has 4 heterocycles. The average Bonchev–Trinajstić information content (AvgIpc) is 3.31.